The first-order valence-corrected chi connectivity index (χ1v) is 4.00. The minimum absolute atomic E-state index is 0. The molecule has 0 aliphatic rings. The molecule has 0 spiro atoms. The van der Waals surface area contributed by atoms with Crippen LogP contribution in [0.3, 0.4) is 0 Å². The van der Waals surface area contributed by atoms with Gasteiger partial charge in [-0.15, -0.1) is 23.7 Å². The molecule has 11 heavy (non-hydrogen) atoms. The number of nitrogens with two attached hydrogens (primary N) is 1. The van der Waals surface area contributed by atoms with Crippen molar-refractivity contribution in [2.24, 2.45) is 5.73 Å². The fourth-order valence-electron chi connectivity index (χ4n) is 0.604. The highest BCUT2D eigenvalue weighted by atomic mass is 35.5. The Hall–Kier alpha value is 0.170. The molecule has 1 aromatic heterocycles. The van der Waals surface area contributed by atoms with Gasteiger partial charge in [0, 0.05) is 4.88 Å². The average molecular weight is 216 g/mol. The van der Waals surface area contributed by atoms with Gasteiger partial charge in [-0.05, 0) is 12.1 Å². The number of hydrogen-bond donors (Lipinski definition) is 1. The van der Waals surface area contributed by atoms with E-state index in [2.05, 4.69) is 0 Å². The molecule has 64 valence electrons. The molecule has 1 atom stereocenters. The summed E-state index contributed by atoms with van der Waals surface area (Å²) in [7, 11) is 0. The van der Waals surface area contributed by atoms with Crippen molar-refractivity contribution in [1.29, 1.82) is 0 Å². The highest BCUT2D eigenvalue weighted by Gasteiger charge is 2.06. The van der Waals surface area contributed by atoms with Crippen LogP contribution in [0.4, 0.5) is 4.39 Å². The van der Waals surface area contributed by atoms with Gasteiger partial charge >= 0.3 is 0 Å². The van der Waals surface area contributed by atoms with Gasteiger partial charge in [-0.2, -0.15) is 0 Å². The van der Waals surface area contributed by atoms with Gasteiger partial charge in [0.05, 0.1) is 10.4 Å². The van der Waals surface area contributed by atoms with E-state index in [0.29, 0.717) is 4.34 Å². The van der Waals surface area contributed by atoms with E-state index in [4.69, 9.17) is 17.3 Å². The Bertz CT molecular complexity index is 216. The molecule has 0 saturated carbocycles. The van der Waals surface area contributed by atoms with Gasteiger partial charge in [0.15, 0.2) is 0 Å². The van der Waals surface area contributed by atoms with Crippen molar-refractivity contribution < 1.29 is 4.39 Å². The minimum atomic E-state index is -0.531. The van der Waals surface area contributed by atoms with Crippen LogP contribution in [0.15, 0.2) is 12.1 Å². The summed E-state index contributed by atoms with van der Waals surface area (Å²) < 4.78 is 12.6. The quantitative estimate of drug-likeness (QED) is 0.808. The van der Waals surface area contributed by atoms with Gasteiger partial charge in [-0.1, -0.05) is 11.6 Å². The largest absolute Gasteiger partial charge is 0.321 e. The van der Waals surface area contributed by atoms with Gasteiger partial charge in [0.1, 0.15) is 6.67 Å². The van der Waals surface area contributed by atoms with Crippen LogP contribution in [-0.2, 0) is 0 Å². The lowest BCUT2D eigenvalue weighted by Gasteiger charge is -2.00. The fraction of sp³-hybridized carbons (Fsp3) is 0.333. The van der Waals surface area contributed by atoms with Crippen molar-refractivity contribution in [3.8, 4) is 0 Å². The van der Waals surface area contributed by atoms with Crippen molar-refractivity contribution in [3.05, 3.63) is 21.3 Å². The highest BCUT2D eigenvalue weighted by molar-refractivity contribution is 7.16. The lowest BCUT2D eigenvalue weighted by Crippen LogP contribution is -2.09. The van der Waals surface area contributed by atoms with E-state index in [-0.39, 0.29) is 12.4 Å². The van der Waals surface area contributed by atoms with E-state index < -0.39 is 12.7 Å². The molecule has 0 saturated heterocycles. The second kappa shape index (κ2) is 4.93. The zero-order valence-corrected chi connectivity index (χ0v) is 7.98. The van der Waals surface area contributed by atoms with Gasteiger partial charge in [0.2, 0.25) is 0 Å². The van der Waals surface area contributed by atoms with Crippen LogP contribution in [0.5, 0.6) is 0 Å². The predicted octanol–water partition coefficient (Wildman–Crippen LogP) is 2.79. The number of alkyl halides is 1. The second-order valence-corrected chi connectivity index (χ2v) is 3.65. The smallest absolute Gasteiger partial charge is 0.109 e. The van der Waals surface area contributed by atoms with Crippen molar-refractivity contribution in [1.82, 2.24) is 0 Å². The third kappa shape index (κ3) is 2.95. The molecule has 2 N–H and O–H groups in total. The summed E-state index contributed by atoms with van der Waals surface area (Å²) in [4.78, 5) is 0.799. The molecule has 1 rings (SSSR count). The van der Waals surface area contributed by atoms with Gasteiger partial charge < -0.3 is 5.73 Å². The van der Waals surface area contributed by atoms with Crippen molar-refractivity contribution in [3.63, 3.8) is 0 Å². The van der Waals surface area contributed by atoms with Crippen molar-refractivity contribution in [2.75, 3.05) is 6.67 Å². The lowest BCUT2D eigenvalue weighted by atomic mass is 10.3. The second-order valence-electron chi connectivity index (χ2n) is 1.90. The predicted molar refractivity (Wildman–Crippen MR) is 49.5 cm³/mol. The van der Waals surface area contributed by atoms with Crippen molar-refractivity contribution >= 4 is 35.3 Å². The average Bonchev–Trinajstić information content (AvgIpc) is 2.34. The number of rotatable bonds is 2. The Labute approximate surface area is 79.8 Å². The molecule has 1 nitrogen and oxygen atoms in total. The minimum Gasteiger partial charge on any atom is -0.321 e. The van der Waals surface area contributed by atoms with Gasteiger partial charge in [-0.25, -0.2) is 4.39 Å². The topological polar surface area (TPSA) is 26.0 Å². The molecular formula is C6H8Cl2FNS. The Balaban J connectivity index is 0.000001000. The zero-order chi connectivity index (χ0) is 7.56. The summed E-state index contributed by atoms with van der Waals surface area (Å²) in [5.41, 5.74) is 5.38. The number of hydrogen-bond acceptors (Lipinski definition) is 2. The third-order valence-corrected chi connectivity index (χ3v) is 2.49. The summed E-state index contributed by atoms with van der Waals surface area (Å²) in [6, 6.07) is 2.96. The first-order valence-electron chi connectivity index (χ1n) is 2.81. The van der Waals surface area contributed by atoms with Crippen LogP contribution in [0.25, 0.3) is 0 Å². The Kier molecular flexibility index (Phi) is 5.01. The van der Waals surface area contributed by atoms with Crippen LogP contribution in [0.1, 0.15) is 10.9 Å². The molecule has 1 heterocycles. The molecule has 5 heteroatoms. The molecular weight excluding hydrogens is 208 g/mol. The Morgan fingerprint density at radius 3 is 2.64 bits per heavy atom. The summed E-state index contributed by atoms with van der Waals surface area (Å²) in [5.74, 6) is 0. The Morgan fingerprint density at radius 1 is 1.64 bits per heavy atom. The standard InChI is InChI=1S/C6H7ClFNS.ClH/c7-6-2-1-5(10-6)4(9)3-8;/h1-2,4H,3,9H2;1H/t4-;/m0./s1. The summed E-state index contributed by atoms with van der Waals surface area (Å²) in [5, 5.41) is 0. The summed E-state index contributed by atoms with van der Waals surface area (Å²) >= 11 is 6.92. The molecule has 0 aromatic carbocycles. The summed E-state index contributed by atoms with van der Waals surface area (Å²) in [6.07, 6.45) is 0. The normalized spacial score (nSPS) is 12.3. The van der Waals surface area contributed by atoms with Crippen LogP contribution in [0.2, 0.25) is 4.34 Å². The monoisotopic (exact) mass is 215 g/mol. The molecule has 0 fully saturated rings. The number of thiophene rings is 1. The maximum Gasteiger partial charge on any atom is 0.109 e. The maximum absolute atomic E-state index is 11.9. The molecule has 0 bridgehead atoms. The SMILES string of the molecule is Cl.N[C@@H](CF)c1ccc(Cl)s1. The van der Waals surface area contributed by atoms with Crippen LogP contribution >= 0.6 is 35.3 Å². The molecule has 0 aliphatic carbocycles. The molecule has 0 radical (unpaired) electrons. The van der Waals surface area contributed by atoms with Crippen LogP contribution in [-0.4, -0.2) is 6.67 Å². The molecule has 0 aliphatic heterocycles. The molecule has 1 aromatic rings. The Morgan fingerprint density at radius 2 is 2.27 bits per heavy atom. The van der Waals surface area contributed by atoms with E-state index in [1.54, 1.807) is 12.1 Å². The van der Waals surface area contributed by atoms with E-state index in [0.717, 1.165) is 4.88 Å². The lowest BCUT2D eigenvalue weighted by molar-refractivity contribution is 0.440. The first-order chi connectivity index (χ1) is 4.74. The number of halogens is 3. The molecule has 0 amide bonds. The van der Waals surface area contributed by atoms with E-state index >= 15 is 0 Å². The van der Waals surface area contributed by atoms with E-state index in [9.17, 15) is 4.39 Å². The van der Waals surface area contributed by atoms with Crippen LogP contribution in [0, 0.1) is 0 Å². The maximum atomic E-state index is 11.9. The third-order valence-electron chi connectivity index (χ3n) is 1.13. The fourth-order valence-corrected chi connectivity index (χ4v) is 1.65. The first kappa shape index (κ1) is 11.2. The van der Waals surface area contributed by atoms with Crippen molar-refractivity contribution in [2.45, 2.75) is 6.04 Å². The highest BCUT2D eigenvalue weighted by Crippen LogP contribution is 2.25. The van der Waals surface area contributed by atoms with Gasteiger partial charge in [-0.3, -0.25) is 0 Å². The molecule has 0 unspecified atom stereocenters. The van der Waals surface area contributed by atoms with E-state index in [1.165, 1.54) is 11.3 Å². The van der Waals surface area contributed by atoms with Crippen LogP contribution < -0.4 is 5.73 Å². The van der Waals surface area contributed by atoms with Gasteiger partial charge in [0.25, 0.3) is 0 Å². The van der Waals surface area contributed by atoms with E-state index in [1.807, 2.05) is 0 Å². The summed E-state index contributed by atoms with van der Waals surface area (Å²) in [6.45, 7) is -0.531. The zero-order valence-electron chi connectivity index (χ0n) is 5.59.